The number of amides is 2. The Bertz CT molecular complexity index is 1000. The summed E-state index contributed by atoms with van der Waals surface area (Å²) in [4.78, 5) is 25.3. The zero-order valence-electron chi connectivity index (χ0n) is 17.2. The van der Waals surface area contributed by atoms with E-state index in [0.29, 0.717) is 29.2 Å². The molecule has 0 saturated carbocycles. The van der Waals surface area contributed by atoms with Crippen molar-refractivity contribution in [3.63, 3.8) is 0 Å². The van der Waals surface area contributed by atoms with Crippen molar-refractivity contribution in [3.8, 4) is 5.75 Å². The highest BCUT2D eigenvalue weighted by atomic mass is 16.5. The zero-order chi connectivity index (χ0) is 21.3. The summed E-state index contributed by atoms with van der Waals surface area (Å²) >= 11 is 0. The highest BCUT2D eigenvalue weighted by molar-refractivity contribution is 6.05. The van der Waals surface area contributed by atoms with Crippen LogP contribution in [0.2, 0.25) is 0 Å². The van der Waals surface area contributed by atoms with Gasteiger partial charge in [-0.2, -0.15) is 0 Å². The fraction of sp³-hybridized carbons (Fsp3) is 0.200. The molecule has 5 nitrogen and oxygen atoms in total. The second-order valence-electron chi connectivity index (χ2n) is 7.02. The van der Waals surface area contributed by atoms with Crippen molar-refractivity contribution in [1.82, 2.24) is 5.32 Å². The quantitative estimate of drug-likeness (QED) is 0.543. The molecule has 0 fully saturated rings. The van der Waals surface area contributed by atoms with E-state index in [4.69, 9.17) is 4.74 Å². The van der Waals surface area contributed by atoms with E-state index in [9.17, 15) is 9.59 Å². The van der Waals surface area contributed by atoms with E-state index in [1.807, 2.05) is 50.2 Å². The van der Waals surface area contributed by atoms with Crippen molar-refractivity contribution in [2.45, 2.75) is 26.3 Å². The van der Waals surface area contributed by atoms with Crippen LogP contribution in [0.25, 0.3) is 0 Å². The van der Waals surface area contributed by atoms with Crippen LogP contribution >= 0.6 is 0 Å². The fourth-order valence-corrected chi connectivity index (χ4v) is 2.99. The molecule has 5 heteroatoms. The Kier molecular flexibility index (Phi) is 7.22. The van der Waals surface area contributed by atoms with E-state index < -0.39 is 0 Å². The molecule has 154 valence electrons. The Balaban J connectivity index is 1.66. The Hall–Kier alpha value is -3.60. The molecule has 3 rings (SSSR count). The van der Waals surface area contributed by atoms with Gasteiger partial charge in [-0.3, -0.25) is 9.59 Å². The molecular formula is C25H26N2O3. The van der Waals surface area contributed by atoms with E-state index in [1.165, 1.54) is 0 Å². The second kappa shape index (κ2) is 10.3. The first-order valence-electron chi connectivity index (χ1n) is 10.1. The number of nitrogens with one attached hydrogen (secondary N) is 2. The molecule has 0 heterocycles. The van der Waals surface area contributed by atoms with Crippen molar-refractivity contribution in [3.05, 3.63) is 95.6 Å². The summed E-state index contributed by atoms with van der Waals surface area (Å²) in [5.74, 6) is 0.206. The minimum Gasteiger partial charge on any atom is -0.494 e. The second-order valence-corrected chi connectivity index (χ2v) is 7.02. The summed E-state index contributed by atoms with van der Waals surface area (Å²) in [5, 5.41) is 5.83. The first kappa shape index (κ1) is 21.1. The third-order valence-corrected chi connectivity index (χ3v) is 4.60. The largest absolute Gasteiger partial charge is 0.494 e. The highest BCUT2D eigenvalue weighted by Crippen LogP contribution is 2.18. The number of rotatable bonds is 8. The Morgan fingerprint density at radius 2 is 1.57 bits per heavy atom. The molecule has 0 bridgehead atoms. The Morgan fingerprint density at radius 3 is 2.30 bits per heavy atom. The van der Waals surface area contributed by atoms with Crippen LogP contribution in [0.3, 0.4) is 0 Å². The summed E-state index contributed by atoms with van der Waals surface area (Å²) < 4.78 is 5.59. The van der Waals surface area contributed by atoms with E-state index in [0.717, 1.165) is 12.0 Å². The molecule has 1 unspecified atom stereocenters. The van der Waals surface area contributed by atoms with Gasteiger partial charge in [0, 0.05) is 16.8 Å². The number of carbonyl (C=O) groups is 2. The van der Waals surface area contributed by atoms with Gasteiger partial charge in [0.2, 0.25) is 0 Å². The summed E-state index contributed by atoms with van der Waals surface area (Å²) in [6, 6.07) is 23.6. The minimum atomic E-state index is -0.257. The zero-order valence-corrected chi connectivity index (χ0v) is 17.2. The van der Waals surface area contributed by atoms with Gasteiger partial charge in [0.25, 0.3) is 11.8 Å². The predicted molar refractivity (Wildman–Crippen MR) is 119 cm³/mol. The fourth-order valence-electron chi connectivity index (χ4n) is 2.99. The molecule has 0 radical (unpaired) electrons. The van der Waals surface area contributed by atoms with Crippen LogP contribution in [0.1, 0.15) is 52.6 Å². The molecule has 3 aromatic rings. The highest BCUT2D eigenvalue weighted by Gasteiger charge is 2.13. The van der Waals surface area contributed by atoms with Crippen molar-refractivity contribution in [1.29, 1.82) is 0 Å². The predicted octanol–water partition coefficient (Wildman–Crippen LogP) is 5.22. The summed E-state index contributed by atoms with van der Waals surface area (Å²) in [7, 11) is 0. The number of benzene rings is 3. The molecule has 0 aliphatic carbocycles. The summed E-state index contributed by atoms with van der Waals surface area (Å²) in [6.45, 7) is 4.57. The van der Waals surface area contributed by atoms with Crippen LogP contribution < -0.4 is 15.4 Å². The molecular weight excluding hydrogens is 376 g/mol. The molecule has 30 heavy (non-hydrogen) atoms. The first-order valence-corrected chi connectivity index (χ1v) is 10.1. The average Bonchev–Trinajstić information content (AvgIpc) is 2.78. The number of ether oxygens (including phenoxy) is 1. The molecule has 2 N–H and O–H groups in total. The summed E-state index contributed by atoms with van der Waals surface area (Å²) in [6.07, 6.45) is 0.897. The van der Waals surface area contributed by atoms with E-state index >= 15 is 0 Å². The molecule has 3 aromatic carbocycles. The maximum atomic E-state index is 12.6. The molecule has 0 spiro atoms. The maximum Gasteiger partial charge on any atom is 0.255 e. The lowest BCUT2D eigenvalue weighted by Crippen LogP contribution is -2.26. The van der Waals surface area contributed by atoms with Crippen molar-refractivity contribution >= 4 is 17.5 Å². The van der Waals surface area contributed by atoms with Crippen LogP contribution in [0, 0.1) is 0 Å². The van der Waals surface area contributed by atoms with Crippen LogP contribution in [-0.2, 0) is 0 Å². The Morgan fingerprint density at radius 1 is 0.867 bits per heavy atom. The van der Waals surface area contributed by atoms with Crippen LogP contribution in [0.5, 0.6) is 5.75 Å². The van der Waals surface area contributed by atoms with Gasteiger partial charge in [0.05, 0.1) is 12.6 Å². The summed E-state index contributed by atoms with van der Waals surface area (Å²) in [5.41, 5.74) is 2.56. The van der Waals surface area contributed by atoms with E-state index in [2.05, 4.69) is 10.6 Å². The lowest BCUT2D eigenvalue weighted by atomic mass is 10.1. The maximum absolute atomic E-state index is 12.6. The van der Waals surface area contributed by atoms with Crippen molar-refractivity contribution < 1.29 is 14.3 Å². The standard InChI is InChI=1S/C25H26N2O3/c1-3-15-30-23-14-8-12-21(17-23)25(29)27-22-13-7-11-20(16-22)24(28)26-18(2)19-9-5-4-6-10-19/h4-14,16-18H,3,15H2,1-2H3,(H,26,28)(H,27,29). The van der Waals surface area contributed by atoms with E-state index in [1.54, 1.807) is 42.5 Å². The number of hydrogen-bond acceptors (Lipinski definition) is 3. The third kappa shape index (κ3) is 5.70. The third-order valence-electron chi connectivity index (χ3n) is 4.60. The van der Waals surface area contributed by atoms with Gasteiger partial charge in [-0.15, -0.1) is 0 Å². The minimum absolute atomic E-state index is 0.122. The number of carbonyl (C=O) groups excluding carboxylic acids is 2. The van der Waals surface area contributed by atoms with Crippen LogP contribution in [-0.4, -0.2) is 18.4 Å². The van der Waals surface area contributed by atoms with Gasteiger partial charge in [-0.05, 0) is 55.3 Å². The van der Waals surface area contributed by atoms with Gasteiger partial charge in [-0.1, -0.05) is 49.4 Å². The smallest absolute Gasteiger partial charge is 0.255 e. The molecule has 0 aromatic heterocycles. The van der Waals surface area contributed by atoms with Gasteiger partial charge in [-0.25, -0.2) is 0 Å². The topological polar surface area (TPSA) is 67.4 Å². The monoisotopic (exact) mass is 402 g/mol. The normalized spacial score (nSPS) is 11.4. The molecule has 0 aliphatic rings. The van der Waals surface area contributed by atoms with Crippen LogP contribution in [0.15, 0.2) is 78.9 Å². The van der Waals surface area contributed by atoms with Crippen molar-refractivity contribution in [2.75, 3.05) is 11.9 Å². The average molecular weight is 402 g/mol. The molecule has 0 aliphatic heterocycles. The van der Waals surface area contributed by atoms with Gasteiger partial charge in [0.15, 0.2) is 0 Å². The van der Waals surface area contributed by atoms with Crippen molar-refractivity contribution in [2.24, 2.45) is 0 Å². The number of anilines is 1. The molecule has 0 saturated heterocycles. The van der Waals surface area contributed by atoms with E-state index in [-0.39, 0.29) is 17.9 Å². The Labute approximate surface area is 177 Å². The molecule has 2 amide bonds. The first-order chi connectivity index (χ1) is 14.6. The van der Waals surface area contributed by atoms with Crippen LogP contribution in [0.4, 0.5) is 5.69 Å². The number of hydrogen-bond donors (Lipinski definition) is 2. The van der Waals surface area contributed by atoms with Gasteiger partial charge in [0.1, 0.15) is 5.75 Å². The molecule has 1 atom stereocenters. The van der Waals surface area contributed by atoms with Gasteiger partial charge < -0.3 is 15.4 Å². The lowest BCUT2D eigenvalue weighted by Gasteiger charge is -2.15. The van der Waals surface area contributed by atoms with Gasteiger partial charge >= 0.3 is 0 Å². The lowest BCUT2D eigenvalue weighted by molar-refractivity contribution is 0.0938. The SMILES string of the molecule is CCCOc1cccc(C(=O)Nc2cccc(C(=O)NC(C)c3ccccc3)c2)c1.